The fraction of sp³-hybridized carbons (Fsp3) is 0.143. The summed E-state index contributed by atoms with van der Waals surface area (Å²) in [4.78, 5) is 25.4. The van der Waals surface area contributed by atoms with E-state index in [0.717, 1.165) is 0 Å². The third-order valence-corrected chi connectivity index (χ3v) is 2.79. The van der Waals surface area contributed by atoms with Crippen molar-refractivity contribution in [3.63, 3.8) is 0 Å². The number of aromatic nitrogens is 1. The largest absolute Gasteiger partial charge is 0.460 e. The summed E-state index contributed by atoms with van der Waals surface area (Å²) in [6, 6.07) is 8.38. The molecule has 0 fully saturated rings. The highest BCUT2D eigenvalue weighted by Gasteiger charge is 2.16. The summed E-state index contributed by atoms with van der Waals surface area (Å²) in [5, 5.41) is 0. The normalized spacial score (nSPS) is 10.8. The third-order valence-electron chi connectivity index (χ3n) is 2.79. The van der Waals surface area contributed by atoms with Crippen molar-refractivity contribution in [2.24, 2.45) is 0 Å². The number of hydrogen-bond donors (Lipinski definition) is 1. The number of rotatable bonds is 3. The Morgan fingerprint density at radius 2 is 2.10 bits per heavy atom. The smallest absolute Gasteiger partial charge is 0.417 e. The van der Waals surface area contributed by atoms with E-state index in [9.17, 15) is 9.59 Å². The van der Waals surface area contributed by atoms with Gasteiger partial charge in [0.25, 0.3) is 0 Å². The van der Waals surface area contributed by atoms with Crippen molar-refractivity contribution in [2.45, 2.75) is 6.92 Å². The number of furan rings is 1. The van der Waals surface area contributed by atoms with Crippen LogP contribution in [0.1, 0.15) is 17.5 Å². The molecule has 2 aromatic heterocycles. The van der Waals surface area contributed by atoms with Crippen molar-refractivity contribution in [3.05, 3.63) is 46.6 Å². The van der Waals surface area contributed by atoms with Gasteiger partial charge in [0.2, 0.25) is 5.76 Å². The molecule has 0 unspecified atom stereocenters. The maximum Gasteiger partial charge on any atom is 0.417 e. The molecule has 0 aliphatic heterocycles. The standard InChI is InChI=1S/C14H11NO5/c1-2-18-13(16)11-7-6-10(19-11)8-4-3-5-9-12(8)20-14(17)15-9/h3-7H,2H2,1H3,(H,15,17). The third kappa shape index (κ3) is 2.01. The number of carbonyl (C=O) groups excluding carboxylic acids is 1. The molecule has 0 saturated carbocycles. The van der Waals surface area contributed by atoms with Crippen molar-refractivity contribution < 1.29 is 18.4 Å². The van der Waals surface area contributed by atoms with Crippen molar-refractivity contribution in [2.75, 3.05) is 6.61 Å². The molecule has 0 spiro atoms. The first-order valence-corrected chi connectivity index (χ1v) is 6.08. The van der Waals surface area contributed by atoms with Crippen LogP contribution in [0.2, 0.25) is 0 Å². The SMILES string of the molecule is CCOC(=O)c1ccc(-c2cccc3[nH]c(=O)oc23)o1. The van der Waals surface area contributed by atoms with Crippen LogP contribution in [0.3, 0.4) is 0 Å². The summed E-state index contributed by atoms with van der Waals surface area (Å²) < 4.78 is 15.4. The van der Waals surface area contributed by atoms with E-state index in [2.05, 4.69) is 4.98 Å². The van der Waals surface area contributed by atoms with Gasteiger partial charge < -0.3 is 13.6 Å². The minimum atomic E-state index is -0.537. The maximum absolute atomic E-state index is 11.6. The van der Waals surface area contributed by atoms with Crippen molar-refractivity contribution in [3.8, 4) is 11.3 Å². The molecule has 6 nitrogen and oxygen atoms in total. The molecular weight excluding hydrogens is 262 g/mol. The van der Waals surface area contributed by atoms with Gasteiger partial charge >= 0.3 is 11.7 Å². The Kier molecular flexibility index (Phi) is 2.90. The Balaban J connectivity index is 2.07. The molecule has 2 heterocycles. The Bertz CT molecular complexity index is 823. The number of benzene rings is 1. The fourth-order valence-corrected chi connectivity index (χ4v) is 1.96. The van der Waals surface area contributed by atoms with Gasteiger partial charge in [0.1, 0.15) is 5.76 Å². The predicted molar refractivity (Wildman–Crippen MR) is 70.5 cm³/mol. The number of ether oxygens (including phenoxy) is 1. The second-order valence-corrected chi connectivity index (χ2v) is 4.08. The summed E-state index contributed by atoms with van der Waals surface area (Å²) >= 11 is 0. The molecular formula is C14H11NO5. The number of aromatic amines is 1. The molecule has 0 amide bonds. The summed E-state index contributed by atoms with van der Waals surface area (Å²) in [6.45, 7) is 1.99. The van der Waals surface area contributed by atoms with Crippen LogP contribution in [0.25, 0.3) is 22.4 Å². The van der Waals surface area contributed by atoms with Gasteiger partial charge in [-0.25, -0.2) is 9.59 Å². The van der Waals surface area contributed by atoms with Gasteiger partial charge in [-0.15, -0.1) is 0 Å². The second-order valence-electron chi connectivity index (χ2n) is 4.08. The minimum Gasteiger partial charge on any atom is -0.460 e. The number of hydrogen-bond acceptors (Lipinski definition) is 5. The summed E-state index contributed by atoms with van der Waals surface area (Å²) in [6.07, 6.45) is 0. The van der Waals surface area contributed by atoms with Gasteiger partial charge in [0.05, 0.1) is 17.7 Å². The van der Waals surface area contributed by atoms with Gasteiger partial charge in [-0.2, -0.15) is 0 Å². The van der Waals surface area contributed by atoms with Gasteiger partial charge in [-0.3, -0.25) is 4.98 Å². The van der Waals surface area contributed by atoms with Crippen LogP contribution in [0.15, 0.2) is 44.0 Å². The number of nitrogens with one attached hydrogen (secondary N) is 1. The Hall–Kier alpha value is -2.76. The van der Waals surface area contributed by atoms with Crippen LogP contribution >= 0.6 is 0 Å². The highest BCUT2D eigenvalue weighted by molar-refractivity contribution is 5.91. The molecule has 1 N–H and O–H groups in total. The second kappa shape index (κ2) is 4.73. The van der Waals surface area contributed by atoms with Gasteiger partial charge in [-0.1, -0.05) is 6.07 Å². The Labute approximate surface area is 113 Å². The molecule has 0 bridgehead atoms. The monoisotopic (exact) mass is 273 g/mol. The molecule has 102 valence electrons. The van der Waals surface area contributed by atoms with Crippen molar-refractivity contribution in [1.82, 2.24) is 4.98 Å². The van der Waals surface area contributed by atoms with E-state index in [-0.39, 0.29) is 12.4 Å². The molecule has 3 rings (SSSR count). The van der Waals surface area contributed by atoms with Crippen LogP contribution in [0.4, 0.5) is 0 Å². The quantitative estimate of drug-likeness (QED) is 0.741. The fourth-order valence-electron chi connectivity index (χ4n) is 1.96. The highest BCUT2D eigenvalue weighted by atomic mass is 16.5. The van der Waals surface area contributed by atoms with Gasteiger partial charge in [0, 0.05) is 0 Å². The first-order valence-electron chi connectivity index (χ1n) is 6.08. The lowest BCUT2D eigenvalue weighted by molar-refractivity contribution is 0.0491. The zero-order valence-electron chi connectivity index (χ0n) is 10.6. The topological polar surface area (TPSA) is 85.4 Å². The number of esters is 1. The van der Waals surface area contributed by atoms with Gasteiger partial charge in [0.15, 0.2) is 5.58 Å². The van der Waals surface area contributed by atoms with E-state index >= 15 is 0 Å². The molecule has 0 saturated heterocycles. The number of H-pyrrole nitrogens is 1. The Morgan fingerprint density at radius 1 is 1.25 bits per heavy atom. The molecule has 0 aliphatic carbocycles. The Morgan fingerprint density at radius 3 is 2.90 bits per heavy atom. The lowest BCUT2D eigenvalue weighted by Gasteiger charge is -1.99. The van der Waals surface area contributed by atoms with Crippen LogP contribution in [-0.4, -0.2) is 17.6 Å². The van der Waals surface area contributed by atoms with Crippen LogP contribution in [0.5, 0.6) is 0 Å². The molecule has 0 aliphatic rings. The summed E-state index contributed by atoms with van der Waals surface area (Å²) in [5.74, 6) is -0.524. The molecule has 6 heteroatoms. The average molecular weight is 273 g/mol. The lowest BCUT2D eigenvalue weighted by Crippen LogP contribution is -2.02. The first-order chi connectivity index (χ1) is 9.69. The number of oxazole rings is 1. The zero-order valence-corrected chi connectivity index (χ0v) is 10.6. The first kappa shape index (κ1) is 12.3. The van der Waals surface area contributed by atoms with E-state index in [0.29, 0.717) is 22.4 Å². The summed E-state index contributed by atoms with van der Waals surface area (Å²) in [7, 11) is 0. The zero-order chi connectivity index (χ0) is 14.1. The van der Waals surface area contributed by atoms with E-state index < -0.39 is 11.7 Å². The number of fused-ring (bicyclic) bond motifs is 1. The molecule has 1 aromatic carbocycles. The number of para-hydroxylation sites is 1. The molecule has 20 heavy (non-hydrogen) atoms. The van der Waals surface area contributed by atoms with Crippen LogP contribution < -0.4 is 5.76 Å². The van der Waals surface area contributed by atoms with Crippen LogP contribution in [-0.2, 0) is 4.74 Å². The van der Waals surface area contributed by atoms with Gasteiger partial charge in [-0.05, 0) is 31.2 Å². The van der Waals surface area contributed by atoms with E-state index in [1.807, 2.05) is 0 Å². The van der Waals surface area contributed by atoms with E-state index in [1.54, 1.807) is 31.2 Å². The van der Waals surface area contributed by atoms with Crippen LogP contribution in [0, 0.1) is 0 Å². The van der Waals surface area contributed by atoms with Crippen molar-refractivity contribution in [1.29, 1.82) is 0 Å². The molecule has 0 atom stereocenters. The highest BCUT2D eigenvalue weighted by Crippen LogP contribution is 2.28. The average Bonchev–Trinajstić information content (AvgIpc) is 3.03. The van der Waals surface area contributed by atoms with E-state index in [4.69, 9.17) is 13.6 Å². The van der Waals surface area contributed by atoms with E-state index in [1.165, 1.54) is 6.07 Å². The number of carbonyl (C=O) groups is 1. The maximum atomic E-state index is 11.6. The van der Waals surface area contributed by atoms with Crippen molar-refractivity contribution >= 4 is 17.1 Å². The predicted octanol–water partition coefficient (Wildman–Crippen LogP) is 2.56. The minimum absolute atomic E-state index is 0.108. The summed E-state index contributed by atoms with van der Waals surface area (Å²) in [5.41, 5.74) is 1.56. The molecule has 3 aromatic rings. The molecule has 0 radical (unpaired) electrons. The lowest BCUT2D eigenvalue weighted by atomic mass is 10.1.